The number of hydrogen-bond acceptors (Lipinski definition) is 1. The van der Waals surface area contributed by atoms with Gasteiger partial charge in [-0.1, -0.05) is 27.4 Å². The van der Waals surface area contributed by atoms with Gasteiger partial charge >= 0.3 is 5.91 Å². The zero-order valence-electron chi connectivity index (χ0n) is 6.32. The lowest BCUT2D eigenvalue weighted by atomic mass is 9.87. The Labute approximate surface area is 55.7 Å². The Morgan fingerprint density at radius 1 is 1.44 bits per heavy atom. The fourth-order valence-corrected chi connectivity index (χ4v) is 0.418. The quantitative estimate of drug-likeness (QED) is 0.509. The minimum absolute atomic E-state index is 0.126. The SMILES string of the molecule is C=C(C([NH3+])=O)C(C)(C)C. The van der Waals surface area contributed by atoms with E-state index in [9.17, 15) is 4.79 Å². The van der Waals surface area contributed by atoms with Gasteiger partial charge in [-0.05, 0) is 5.41 Å². The predicted octanol–water partition coefficient (Wildman–Crippen LogP) is 0.357. The van der Waals surface area contributed by atoms with Crippen molar-refractivity contribution >= 4 is 5.91 Å². The molecule has 0 unspecified atom stereocenters. The summed E-state index contributed by atoms with van der Waals surface area (Å²) < 4.78 is 0. The molecule has 0 aliphatic heterocycles. The van der Waals surface area contributed by atoms with Crippen LogP contribution < -0.4 is 5.73 Å². The lowest BCUT2D eigenvalue weighted by molar-refractivity contribution is -0.300. The fraction of sp³-hybridized carbons (Fsp3) is 0.571. The molecule has 0 aromatic heterocycles. The zero-order chi connectivity index (χ0) is 7.65. The average Bonchev–Trinajstić information content (AvgIpc) is 1.62. The van der Waals surface area contributed by atoms with Gasteiger partial charge in [0.25, 0.3) is 0 Å². The van der Waals surface area contributed by atoms with Crippen molar-refractivity contribution in [3.63, 3.8) is 0 Å². The predicted molar refractivity (Wildman–Crippen MR) is 36.5 cm³/mol. The van der Waals surface area contributed by atoms with E-state index in [-0.39, 0.29) is 11.3 Å². The van der Waals surface area contributed by atoms with Crippen molar-refractivity contribution in [2.75, 3.05) is 0 Å². The smallest absolute Gasteiger partial charge is 0.290 e. The molecule has 0 saturated heterocycles. The van der Waals surface area contributed by atoms with E-state index in [2.05, 4.69) is 12.3 Å². The van der Waals surface area contributed by atoms with Crippen LogP contribution in [0.4, 0.5) is 0 Å². The third kappa shape index (κ3) is 2.42. The molecule has 0 aromatic carbocycles. The Bertz CT molecular complexity index is 141. The highest BCUT2D eigenvalue weighted by atomic mass is 16.1. The highest BCUT2D eigenvalue weighted by Crippen LogP contribution is 2.21. The van der Waals surface area contributed by atoms with E-state index in [1.54, 1.807) is 0 Å². The molecule has 0 heterocycles. The van der Waals surface area contributed by atoms with E-state index in [1.807, 2.05) is 20.8 Å². The molecule has 0 bridgehead atoms. The second-order valence-electron chi connectivity index (χ2n) is 3.15. The fourth-order valence-electron chi connectivity index (χ4n) is 0.418. The van der Waals surface area contributed by atoms with Crippen LogP contribution >= 0.6 is 0 Å². The van der Waals surface area contributed by atoms with Crippen molar-refractivity contribution in [3.05, 3.63) is 12.2 Å². The van der Waals surface area contributed by atoms with Crippen molar-refractivity contribution < 1.29 is 10.5 Å². The first-order valence-corrected chi connectivity index (χ1v) is 2.91. The van der Waals surface area contributed by atoms with Crippen LogP contribution in [0.3, 0.4) is 0 Å². The molecule has 3 N–H and O–H groups in total. The molecular formula is C7H14NO+. The molecular weight excluding hydrogens is 114 g/mol. The first kappa shape index (κ1) is 8.37. The number of carbonyl (C=O) groups excluding carboxylic acids is 1. The van der Waals surface area contributed by atoms with E-state index >= 15 is 0 Å². The number of rotatable bonds is 1. The van der Waals surface area contributed by atoms with Gasteiger partial charge < -0.3 is 0 Å². The number of amides is 1. The van der Waals surface area contributed by atoms with Crippen LogP contribution in [-0.4, -0.2) is 5.91 Å². The minimum Gasteiger partial charge on any atom is -0.290 e. The second-order valence-corrected chi connectivity index (χ2v) is 3.15. The van der Waals surface area contributed by atoms with E-state index in [4.69, 9.17) is 0 Å². The summed E-state index contributed by atoms with van der Waals surface area (Å²) in [5, 5.41) is 0. The molecule has 2 heteroatoms. The zero-order valence-corrected chi connectivity index (χ0v) is 6.32. The van der Waals surface area contributed by atoms with Gasteiger partial charge in [0.2, 0.25) is 0 Å². The molecule has 0 aliphatic carbocycles. The molecule has 9 heavy (non-hydrogen) atoms. The van der Waals surface area contributed by atoms with Crippen LogP contribution in [0.1, 0.15) is 20.8 Å². The van der Waals surface area contributed by atoms with E-state index in [0.717, 1.165) is 0 Å². The van der Waals surface area contributed by atoms with E-state index in [0.29, 0.717) is 5.57 Å². The first-order chi connectivity index (χ1) is 3.85. The minimum atomic E-state index is -0.164. The Kier molecular flexibility index (Phi) is 2.15. The Balaban J connectivity index is 4.23. The lowest BCUT2D eigenvalue weighted by Crippen LogP contribution is -2.59. The number of quaternary nitrogens is 1. The van der Waals surface area contributed by atoms with Gasteiger partial charge in [-0.3, -0.25) is 5.73 Å². The second kappa shape index (κ2) is 2.31. The summed E-state index contributed by atoms with van der Waals surface area (Å²) in [4.78, 5) is 10.6. The molecule has 52 valence electrons. The number of hydrogen-bond donors (Lipinski definition) is 1. The maximum Gasteiger partial charge on any atom is 0.336 e. The van der Waals surface area contributed by atoms with Crippen LogP contribution in [-0.2, 0) is 4.79 Å². The summed E-state index contributed by atoms with van der Waals surface area (Å²) in [7, 11) is 0. The third-order valence-electron chi connectivity index (χ3n) is 1.24. The Morgan fingerprint density at radius 2 is 1.78 bits per heavy atom. The highest BCUT2D eigenvalue weighted by Gasteiger charge is 2.21. The summed E-state index contributed by atoms with van der Waals surface area (Å²) in [6.07, 6.45) is 0. The maximum absolute atomic E-state index is 10.6. The molecule has 0 spiro atoms. The Morgan fingerprint density at radius 3 is 1.78 bits per heavy atom. The summed E-state index contributed by atoms with van der Waals surface area (Å²) in [5.41, 5.74) is 3.73. The van der Waals surface area contributed by atoms with Gasteiger partial charge in [-0.2, -0.15) is 0 Å². The number of carbonyl (C=O) groups is 1. The topological polar surface area (TPSA) is 44.7 Å². The van der Waals surface area contributed by atoms with Crippen LogP contribution in [0.15, 0.2) is 12.2 Å². The molecule has 0 aromatic rings. The highest BCUT2D eigenvalue weighted by molar-refractivity contribution is 5.85. The molecule has 0 fully saturated rings. The van der Waals surface area contributed by atoms with Gasteiger partial charge in [0, 0.05) is 0 Å². The lowest BCUT2D eigenvalue weighted by Gasteiger charge is -2.16. The third-order valence-corrected chi connectivity index (χ3v) is 1.24. The first-order valence-electron chi connectivity index (χ1n) is 2.91. The van der Waals surface area contributed by atoms with E-state index in [1.165, 1.54) is 0 Å². The van der Waals surface area contributed by atoms with Gasteiger partial charge in [0.15, 0.2) is 0 Å². The normalized spacial score (nSPS) is 11.1. The molecule has 2 nitrogen and oxygen atoms in total. The monoisotopic (exact) mass is 128 g/mol. The van der Waals surface area contributed by atoms with Crippen molar-refractivity contribution in [1.82, 2.24) is 0 Å². The summed E-state index contributed by atoms with van der Waals surface area (Å²) >= 11 is 0. The molecule has 1 amide bonds. The van der Waals surface area contributed by atoms with Crippen LogP contribution in [0.25, 0.3) is 0 Å². The average molecular weight is 128 g/mol. The van der Waals surface area contributed by atoms with Crippen LogP contribution in [0.2, 0.25) is 0 Å². The summed E-state index contributed by atoms with van der Waals surface area (Å²) in [6, 6.07) is 0. The molecule has 0 atom stereocenters. The van der Waals surface area contributed by atoms with Crippen LogP contribution in [0, 0.1) is 5.41 Å². The largest absolute Gasteiger partial charge is 0.336 e. The van der Waals surface area contributed by atoms with Crippen molar-refractivity contribution in [3.8, 4) is 0 Å². The molecule has 0 radical (unpaired) electrons. The van der Waals surface area contributed by atoms with Gasteiger partial charge in [0.1, 0.15) is 0 Å². The van der Waals surface area contributed by atoms with Crippen LogP contribution in [0.5, 0.6) is 0 Å². The van der Waals surface area contributed by atoms with Gasteiger partial charge in [-0.25, -0.2) is 4.79 Å². The van der Waals surface area contributed by atoms with Gasteiger partial charge in [-0.15, -0.1) is 0 Å². The van der Waals surface area contributed by atoms with Crippen molar-refractivity contribution in [2.45, 2.75) is 20.8 Å². The Hall–Kier alpha value is -0.630. The molecule has 0 aliphatic rings. The van der Waals surface area contributed by atoms with Crippen molar-refractivity contribution in [1.29, 1.82) is 0 Å². The van der Waals surface area contributed by atoms with Crippen molar-refractivity contribution in [2.24, 2.45) is 5.41 Å². The molecule has 0 rings (SSSR count). The standard InChI is InChI=1S/C7H13NO/c1-5(6(8)9)7(2,3)4/h1H2,2-4H3,(H2,8,9)/p+1. The summed E-state index contributed by atoms with van der Waals surface area (Å²) in [6.45, 7) is 9.44. The van der Waals surface area contributed by atoms with E-state index < -0.39 is 0 Å². The summed E-state index contributed by atoms with van der Waals surface area (Å²) in [5.74, 6) is -0.164. The maximum atomic E-state index is 10.6. The van der Waals surface area contributed by atoms with Gasteiger partial charge in [0.05, 0.1) is 5.57 Å². The molecule has 0 saturated carbocycles.